The highest BCUT2D eigenvalue weighted by atomic mass is 16.5. The Morgan fingerprint density at radius 1 is 1.28 bits per heavy atom. The molecule has 9 heteroatoms. The molecule has 2 saturated heterocycles. The molecule has 2 fully saturated rings. The fourth-order valence-corrected chi connectivity index (χ4v) is 4.36. The van der Waals surface area contributed by atoms with E-state index in [1.54, 1.807) is 18.9 Å². The van der Waals surface area contributed by atoms with Crippen molar-refractivity contribution in [3.8, 4) is 5.75 Å². The molecule has 1 atom stereocenters. The topological polar surface area (TPSA) is 91.6 Å². The molecule has 3 heterocycles. The maximum atomic E-state index is 13.6. The summed E-state index contributed by atoms with van der Waals surface area (Å²) >= 11 is 0. The first-order valence-corrected chi connectivity index (χ1v) is 9.93. The molecule has 0 saturated carbocycles. The van der Waals surface area contributed by atoms with Gasteiger partial charge in [-0.1, -0.05) is 12.1 Å². The molecule has 29 heavy (non-hydrogen) atoms. The summed E-state index contributed by atoms with van der Waals surface area (Å²) in [6.45, 7) is 2.76. The van der Waals surface area contributed by atoms with Crippen LogP contribution < -0.4 is 4.74 Å². The van der Waals surface area contributed by atoms with E-state index < -0.39 is 5.41 Å². The Labute approximate surface area is 169 Å². The first-order chi connectivity index (χ1) is 14.2. The lowest BCUT2D eigenvalue weighted by molar-refractivity contribution is -0.141. The molecule has 0 radical (unpaired) electrons. The quantitative estimate of drug-likeness (QED) is 0.696. The predicted octanol–water partition coefficient (Wildman–Crippen LogP) is 1.60. The monoisotopic (exact) mass is 401 g/mol. The minimum atomic E-state index is -0.403. The lowest BCUT2D eigenvalue weighted by Gasteiger charge is -2.31. The first kappa shape index (κ1) is 19.8. The van der Waals surface area contributed by atoms with Crippen molar-refractivity contribution in [1.82, 2.24) is 25.1 Å². The molecule has 2 aliphatic heterocycles. The Morgan fingerprint density at radius 3 is 2.86 bits per heavy atom. The number of nitrogens with zero attached hydrogens (tertiary/aromatic N) is 5. The van der Waals surface area contributed by atoms with Crippen LogP contribution in [0.3, 0.4) is 0 Å². The van der Waals surface area contributed by atoms with Crippen molar-refractivity contribution in [2.75, 3.05) is 34.0 Å². The normalized spacial score (nSPS) is 21.1. The molecule has 1 spiro atoms. The minimum absolute atomic E-state index is 0.162. The number of hydrogen-bond acceptors (Lipinski definition) is 7. The van der Waals surface area contributed by atoms with Crippen molar-refractivity contribution in [2.24, 2.45) is 5.41 Å². The van der Waals surface area contributed by atoms with Crippen LogP contribution in [0, 0.1) is 5.41 Å². The maximum Gasteiger partial charge on any atom is 0.229 e. The Hall–Kier alpha value is -2.52. The highest BCUT2D eigenvalue weighted by Crippen LogP contribution is 2.49. The smallest absolute Gasteiger partial charge is 0.229 e. The van der Waals surface area contributed by atoms with Gasteiger partial charge >= 0.3 is 0 Å². The lowest BCUT2D eigenvalue weighted by Crippen LogP contribution is -2.38. The van der Waals surface area contributed by atoms with Crippen molar-refractivity contribution >= 4 is 5.91 Å². The summed E-state index contributed by atoms with van der Waals surface area (Å²) < 4.78 is 17.8. The molecule has 9 nitrogen and oxygen atoms in total. The molecule has 1 aromatic heterocycles. The van der Waals surface area contributed by atoms with E-state index >= 15 is 0 Å². The van der Waals surface area contributed by atoms with Crippen LogP contribution in [0.25, 0.3) is 0 Å². The minimum Gasteiger partial charge on any atom is -0.497 e. The van der Waals surface area contributed by atoms with Gasteiger partial charge in [-0.3, -0.25) is 4.79 Å². The number of carbonyl (C=O) groups is 1. The van der Waals surface area contributed by atoms with E-state index in [9.17, 15) is 4.79 Å². The van der Waals surface area contributed by atoms with E-state index in [4.69, 9.17) is 14.2 Å². The van der Waals surface area contributed by atoms with E-state index in [-0.39, 0.29) is 11.9 Å². The number of rotatable bonds is 7. The van der Waals surface area contributed by atoms with Gasteiger partial charge in [0, 0.05) is 26.9 Å². The summed E-state index contributed by atoms with van der Waals surface area (Å²) in [5.41, 5.74) is 0.613. The van der Waals surface area contributed by atoms with Crippen molar-refractivity contribution in [3.05, 3.63) is 35.7 Å². The molecular weight excluding hydrogens is 374 g/mol. The van der Waals surface area contributed by atoms with Crippen LogP contribution in [-0.4, -0.2) is 65.1 Å². The molecule has 2 aromatic rings. The van der Waals surface area contributed by atoms with Crippen molar-refractivity contribution in [3.63, 3.8) is 0 Å². The fraction of sp³-hybridized carbons (Fsp3) is 0.600. The van der Waals surface area contributed by atoms with Crippen LogP contribution >= 0.6 is 0 Å². The first-order valence-electron chi connectivity index (χ1n) is 9.93. The van der Waals surface area contributed by atoms with Crippen LogP contribution in [0.2, 0.25) is 0 Å². The van der Waals surface area contributed by atoms with Gasteiger partial charge in [-0.2, -0.15) is 0 Å². The molecule has 2 aliphatic rings. The van der Waals surface area contributed by atoms with Gasteiger partial charge < -0.3 is 19.1 Å². The number of amides is 1. The summed E-state index contributed by atoms with van der Waals surface area (Å²) in [6, 6.07) is 7.64. The number of methoxy groups -OCH3 is 2. The molecule has 1 aromatic carbocycles. The van der Waals surface area contributed by atoms with Crippen LogP contribution in [0.4, 0.5) is 0 Å². The van der Waals surface area contributed by atoms with Gasteiger partial charge in [0.1, 0.15) is 5.75 Å². The van der Waals surface area contributed by atoms with Crippen LogP contribution in [0.5, 0.6) is 5.75 Å². The Morgan fingerprint density at radius 2 is 2.10 bits per heavy atom. The number of tetrazole rings is 1. The number of aromatic nitrogens is 4. The lowest BCUT2D eigenvalue weighted by atomic mass is 9.77. The summed E-state index contributed by atoms with van der Waals surface area (Å²) in [5, 5.41) is 12.3. The zero-order valence-electron chi connectivity index (χ0n) is 16.9. The van der Waals surface area contributed by atoms with E-state index in [0.29, 0.717) is 45.2 Å². The second-order valence-electron chi connectivity index (χ2n) is 7.65. The Bertz CT molecular complexity index is 849. The Balaban J connectivity index is 1.66. The predicted molar refractivity (Wildman–Crippen MR) is 103 cm³/mol. The summed E-state index contributed by atoms with van der Waals surface area (Å²) in [5.74, 6) is 1.65. The highest BCUT2D eigenvalue weighted by Gasteiger charge is 2.53. The van der Waals surface area contributed by atoms with Gasteiger partial charge in [-0.05, 0) is 47.4 Å². The second kappa shape index (κ2) is 8.46. The highest BCUT2D eigenvalue weighted by molar-refractivity contribution is 5.85. The third kappa shape index (κ3) is 3.84. The average Bonchev–Trinajstić information content (AvgIpc) is 3.32. The van der Waals surface area contributed by atoms with E-state index in [0.717, 1.165) is 24.2 Å². The van der Waals surface area contributed by atoms with Crippen molar-refractivity contribution < 1.29 is 19.0 Å². The number of likely N-dealkylation sites (tertiary alicyclic amines) is 1. The maximum absolute atomic E-state index is 13.6. The fourth-order valence-electron chi connectivity index (χ4n) is 4.36. The summed E-state index contributed by atoms with van der Waals surface area (Å²) in [6.07, 6.45) is 2.17. The van der Waals surface area contributed by atoms with Crippen LogP contribution in [-0.2, 0) is 27.4 Å². The second-order valence-corrected chi connectivity index (χ2v) is 7.65. The van der Waals surface area contributed by atoms with Gasteiger partial charge in [0.2, 0.25) is 5.91 Å². The molecular formula is C20H27N5O4. The number of carbonyl (C=O) groups excluding carboxylic acids is 1. The van der Waals surface area contributed by atoms with Gasteiger partial charge in [0.15, 0.2) is 5.82 Å². The molecule has 0 aliphatic carbocycles. The van der Waals surface area contributed by atoms with Gasteiger partial charge in [0.25, 0.3) is 0 Å². The van der Waals surface area contributed by atoms with E-state index in [1.807, 2.05) is 29.2 Å². The average molecular weight is 401 g/mol. The standard InChI is InChI=1S/C20H27N5O4/c1-27-11-8-25-18(21-22-23-25)17-13-20(6-9-29-10-7-20)19(26)24(17)14-15-4-3-5-16(12-15)28-2/h3-5,12,17H,6-11,13-14H2,1-2H3. The van der Waals surface area contributed by atoms with Gasteiger partial charge in [-0.15, -0.1) is 5.10 Å². The third-order valence-electron chi connectivity index (χ3n) is 5.98. The SMILES string of the molecule is COCCn1nnnc1C1CC2(CCOCC2)C(=O)N1Cc1cccc(OC)c1. The zero-order valence-corrected chi connectivity index (χ0v) is 16.9. The molecule has 1 unspecified atom stereocenters. The summed E-state index contributed by atoms with van der Waals surface area (Å²) in [4.78, 5) is 15.5. The van der Waals surface area contributed by atoms with Crippen molar-refractivity contribution in [2.45, 2.75) is 38.4 Å². The van der Waals surface area contributed by atoms with Gasteiger partial charge in [-0.25, -0.2) is 4.68 Å². The largest absolute Gasteiger partial charge is 0.497 e. The van der Waals surface area contributed by atoms with Crippen LogP contribution in [0.1, 0.15) is 36.7 Å². The molecule has 4 rings (SSSR count). The molecule has 0 bridgehead atoms. The number of benzene rings is 1. The van der Waals surface area contributed by atoms with Crippen molar-refractivity contribution in [1.29, 1.82) is 0 Å². The molecule has 1 amide bonds. The van der Waals surface area contributed by atoms with E-state index in [2.05, 4.69) is 15.5 Å². The molecule has 156 valence electrons. The van der Waals surface area contributed by atoms with Gasteiger partial charge in [0.05, 0.1) is 31.7 Å². The molecule has 0 N–H and O–H groups in total. The number of ether oxygens (including phenoxy) is 3. The van der Waals surface area contributed by atoms with Crippen LogP contribution in [0.15, 0.2) is 24.3 Å². The Kier molecular flexibility index (Phi) is 5.77. The zero-order chi connectivity index (χ0) is 20.3. The third-order valence-corrected chi connectivity index (χ3v) is 5.98. The van der Waals surface area contributed by atoms with E-state index in [1.165, 1.54) is 0 Å². The summed E-state index contributed by atoms with van der Waals surface area (Å²) in [7, 11) is 3.29. The number of hydrogen-bond donors (Lipinski definition) is 0.